The summed E-state index contributed by atoms with van der Waals surface area (Å²) in [5.74, 6) is 2.72. The Morgan fingerprint density at radius 1 is 1.10 bits per heavy atom. The fourth-order valence-electron chi connectivity index (χ4n) is 3.33. The molecule has 0 saturated carbocycles. The van der Waals surface area contributed by atoms with Crippen molar-refractivity contribution < 1.29 is 23.5 Å². The van der Waals surface area contributed by atoms with Gasteiger partial charge in [0.05, 0.1) is 11.3 Å². The lowest BCUT2D eigenvalue weighted by molar-refractivity contribution is 0.0784. The largest absolute Gasteiger partial charge is 0.489 e. The van der Waals surface area contributed by atoms with Crippen molar-refractivity contribution in [2.45, 2.75) is 27.0 Å². The van der Waals surface area contributed by atoms with Crippen LogP contribution in [-0.4, -0.2) is 36.2 Å². The second kappa shape index (κ2) is 8.49. The van der Waals surface area contributed by atoms with Gasteiger partial charge in [-0.1, -0.05) is 17.3 Å². The molecule has 30 heavy (non-hydrogen) atoms. The van der Waals surface area contributed by atoms with Gasteiger partial charge in [-0.15, -0.1) is 0 Å². The normalized spacial score (nSPS) is 12.5. The Kier molecular flexibility index (Phi) is 5.61. The summed E-state index contributed by atoms with van der Waals surface area (Å²) in [5, 5.41) is 3.93. The Bertz CT molecular complexity index is 1040. The summed E-state index contributed by atoms with van der Waals surface area (Å²) in [6.07, 6.45) is 0. The highest BCUT2D eigenvalue weighted by molar-refractivity contribution is 5.94. The number of amides is 1. The van der Waals surface area contributed by atoms with Crippen molar-refractivity contribution in [2.75, 3.05) is 20.3 Å². The quantitative estimate of drug-likeness (QED) is 0.616. The van der Waals surface area contributed by atoms with Crippen LogP contribution in [0.4, 0.5) is 0 Å². The number of benzene rings is 2. The maximum atomic E-state index is 12.9. The molecule has 0 bridgehead atoms. The number of fused-ring (bicyclic) bond motifs is 1. The number of rotatable bonds is 6. The molecule has 1 aliphatic rings. The van der Waals surface area contributed by atoms with E-state index in [0.717, 1.165) is 28.3 Å². The summed E-state index contributed by atoms with van der Waals surface area (Å²) in [5.41, 5.74) is 3.26. The van der Waals surface area contributed by atoms with Crippen LogP contribution in [0, 0.1) is 13.8 Å². The molecule has 0 radical (unpaired) electrons. The van der Waals surface area contributed by atoms with Gasteiger partial charge in [0, 0.05) is 19.2 Å². The van der Waals surface area contributed by atoms with E-state index in [9.17, 15) is 4.79 Å². The molecule has 1 amide bonds. The van der Waals surface area contributed by atoms with Crippen LogP contribution in [0.3, 0.4) is 0 Å². The third-order valence-electron chi connectivity index (χ3n) is 5.02. The van der Waals surface area contributed by atoms with Crippen LogP contribution in [0.15, 0.2) is 47.0 Å². The Hall–Kier alpha value is -3.48. The van der Waals surface area contributed by atoms with E-state index in [0.29, 0.717) is 43.4 Å². The molecule has 1 aromatic heterocycles. The second-order valence-electron chi connectivity index (χ2n) is 7.26. The van der Waals surface area contributed by atoms with Gasteiger partial charge in [-0.25, -0.2) is 0 Å². The summed E-state index contributed by atoms with van der Waals surface area (Å²) in [6, 6.07) is 12.9. The van der Waals surface area contributed by atoms with Crippen molar-refractivity contribution in [3.8, 4) is 17.2 Å². The van der Waals surface area contributed by atoms with E-state index in [1.807, 2.05) is 44.2 Å². The minimum absolute atomic E-state index is 0.0901. The zero-order valence-corrected chi connectivity index (χ0v) is 17.3. The average molecular weight is 408 g/mol. The molecule has 0 unspecified atom stereocenters. The molecule has 0 N–H and O–H groups in total. The van der Waals surface area contributed by atoms with Gasteiger partial charge >= 0.3 is 0 Å². The second-order valence-corrected chi connectivity index (χ2v) is 7.26. The maximum absolute atomic E-state index is 12.9. The van der Waals surface area contributed by atoms with Gasteiger partial charge in [-0.2, -0.15) is 0 Å². The smallest absolute Gasteiger partial charge is 0.254 e. The van der Waals surface area contributed by atoms with Gasteiger partial charge in [0.2, 0.25) is 0 Å². The molecular weight excluding hydrogens is 384 g/mol. The first-order chi connectivity index (χ1) is 14.5. The topological polar surface area (TPSA) is 74.0 Å². The Labute approximate surface area is 175 Å². The van der Waals surface area contributed by atoms with E-state index in [2.05, 4.69) is 5.16 Å². The lowest BCUT2D eigenvalue weighted by Gasteiger charge is -2.21. The molecule has 3 aromatic rings. The highest BCUT2D eigenvalue weighted by Gasteiger charge is 2.16. The van der Waals surface area contributed by atoms with Crippen molar-refractivity contribution in [3.05, 3.63) is 70.6 Å². The van der Waals surface area contributed by atoms with E-state index < -0.39 is 0 Å². The molecule has 2 aromatic carbocycles. The van der Waals surface area contributed by atoms with Crippen molar-refractivity contribution in [1.82, 2.24) is 10.1 Å². The third-order valence-corrected chi connectivity index (χ3v) is 5.02. The monoisotopic (exact) mass is 408 g/mol. The summed E-state index contributed by atoms with van der Waals surface area (Å²) >= 11 is 0. The summed E-state index contributed by atoms with van der Waals surface area (Å²) < 4.78 is 22.2. The van der Waals surface area contributed by atoms with Crippen LogP contribution in [-0.2, 0) is 13.2 Å². The molecule has 0 aliphatic carbocycles. The van der Waals surface area contributed by atoms with Gasteiger partial charge < -0.3 is 23.6 Å². The van der Waals surface area contributed by atoms with Crippen LogP contribution in [0.1, 0.15) is 32.9 Å². The molecule has 0 atom stereocenters. The number of carbonyl (C=O) groups excluding carboxylic acids is 1. The highest BCUT2D eigenvalue weighted by Crippen LogP contribution is 2.31. The predicted molar refractivity (Wildman–Crippen MR) is 110 cm³/mol. The minimum atomic E-state index is -0.0901. The molecule has 7 heteroatoms. The Morgan fingerprint density at radius 3 is 2.67 bits per heavy atom. The van der Waals surface area contributed by atoms with Gasteiger partial charge in [-0.3, -0.25) is 4.79 Å². The van der Waals surface area contributed by atoms with Crippen LogP contribution < -0.4 is 14.2 Å². The van der Waals surface area contributed by atoms with Gasteiger partial charge in [0.25, 0.3) is 5.91 Å². The van der Waals surface area contributed by atoms with Crippen LogP contribution in [0.5, 0.6) is 17.2 Å². The lowest BCUT2D eigenvalue weighted by Crippen LogP contribution is -2.26. The van der Waals surface area contributed by atoms with Crippen molar-refractivity contribution in [3.63, 3.8) is 0 Å². The van der Waals surface area contributed by atoms with E-state index in [4.69, 9.17) is 18.7 Å². The molecule has 0 fully saturated rings. The van der Waals surface area contributed by atoms with E-state index in [-0.39, 0.29) is 5.91 Å². The zero-order valence-electron chi connectivity index (χ0n) is 17.3. The van der Waals surface area contributed by atoms with Crippen molar-refractivity contribution >= 4 is 5.91 Å². The third kappa shape index (κ3) is 4.25. The van der Waals surface area contributed by atoms with Crippen LogP contribution in [0.2, 0.25) is 0 Å². The molecular formula is C23H24N2O5. The summed E-state index contributed by atoms with van der Waals surface area (Å²) in [7, 11) is 1.77. The molecule has 4 rings (SSSR count). The van der Waals surface area contributed by atoms with Crippen LogP contribution >= 0.6 is 0 Å². The number of hydrogen-bond donors (Lipinski definition) is 0. The molecule has 2 heterocycles. The van der Waals surface area contributed by atoms with E-state index in [1.54, 1.807) is 24.1 Å². The van der Waals surface area contributed by atoms with Crippen molar-refractivity contribution in [1.29, 1.82) is 0 Å². The van der Waals surface area contributed by atoms with Gasteiger partial charge in [0.15, 0.2) is 11.5 Å². The zero-order chi connectivity index (χ0) is 21.1. The Balaban J connectivity index is 1.42. The molecule has 156 valence electrons. The Morgan fingerprint density at radius 2 is 1.90 bits per heavy atom. The molecule has 1 aliphatic heterocycles. The number of aryl methyl sites for hydroxylation is 2. The molecule has 0 spiro atoms. The number of aromatic nitrogens is 1. The van der Waals surface area contributed by atoms with Gasteiger partial charge in [0.1, 0.15) is 31.3 Å². The maximum Gasteiger partial charge on any atom is 0.254 e. The first-order valence-electron chi connectivity index (χ1n) is 9.80. The van der Waals surface area contributed by atoms with E-state index in [1.165, 1.54) is 0 Å². The number of hydrogen-bond acceptors (Lipinski definition) is 6. The summed E-state index contributed by atoms with van der Waals surface area (Å²) in [6.45, 7) is 5.62. The number of carbonyl (C=O) groups is 1. The first kappa shape index (κ1) is 19.8. The minimum Gasteiger partial charge on any atom is -0.489 e. The SMILES string of the molecule is Cc1noc(C)c1COc1cccc(C(=O)N(C)Cc2ccc3c(c2)OCCO3)c1. The summed E-state index contributed by atoms with van der Waals surface area (Å²) in [4.78, 5) is 14.6. The molecule has 0 saturated heterocycles. The average Bonchev–Trinajstić information content (AvgIpc) is 3.09. The van der Waals surface area contributed by atoms with Gasteiger partial charge in [-0.05, 0) is 49.7 Å². The van der Waals surface area contributed by atoms with Crippen LogP contribution in [0.25, 0.3) is 0 Å². The van der Waals surface area contributed by atoms with Crippen molar-refractivity contribution in [2.24, 2.45) is 0 Å². The fraction of sp³-hybridized carbons (Fsp3) is 0.304. The molecule has 7 nitrogen and oxygen atoms in total. The number of nitrogens with zero attached hydrogens (tertiary/aromatic N) is 2. The first-order valence-corrected chi connectivity index (χ1v) is 9.80. The predicted octanol–water partition coefficient (Wildman–Crippen LogP) is 3.91. The standard InChI is InChI=1S/C23H24N2O5/c1-15-20(16(2)30-24-15)14-29-19-6-4-5-18(12-19)23(26)25(3)13-17-7-8-21-22(11-17)28-10-9-27-21/h4-8,11-12H,9-10,13-14H2,1-3H3. The highest BCUT2D eigenvalue weighted by atomic mass is 16.6. The number of ether oxygens (including phenoxy) is 3. The fourth-order valence-corrected chi connectivity index (χ4v) is 3.33. The van der Waals surface area contributed by atoms with E-state index >= 15 is 0 Å². The lowest BCUT2D eigenvalue weighted by atomic mass is 10.1.